The van der Waals surface area contributed by atoms with Crippen molar-refractivity contribution in [2.24, 2.45) is 5.92 Å². The highest BCUT2D eigenvalue weighted by atomic mass is 32.2. The predicted octanol–water partition coefficient (Wildman–Crippen LogP) is 1.91. The molecule has 1 aromatic rings. The second-order valence-electron chi connectivity index (χ2n) is 8.69. The summed E-state index contributed by atoms with van der Waals surface area (Å²) >= 11 is 0. The van der Waals surface area contributed by atoms with E-state index in [1.54, 1.807) is 6.92 Å². The smallest absolute Gasteiger partial charge is 0.325 e. The van der Waals surface area contributed by atoms with E-state index in [1.807, 2.05) is 0 Å². The lowest BCUT2D eigenvalue weighted by Gasteiger charge is -2.21. The Hall–Kier alpha value is -2.46. The molecule has 0 aromatic heterocycles. The largest absolute Gasteiger partial charge is 0.325 e. The van der Waals surface area contributed by atoms with E-state index in [2.05, 4.69) is 10.6 Å². The fourth-order valence-corrected chi connectivity index (χ4v) is 5.80. The highest BCUT2D eigenvalue weighted by Gasteiger charge is 2.56. The Bertz CT molecular complexity index is 982. The summed E-state index contributed by atoms with van der Waals surface area (Å²) in [4.78, 5) is 38.4. The van der Waals surface area contributed by atoms with Crippen LogP contribution in [0.2, 0.25) is 0 Å². The summed E-state index contributed by atoms with van der Waals surface area (Å²) in [6.07, 6.45) is 5.55. The summed E-state index contributed by atoms with van der Waals surface area (Å²) in [7, 11) is -3.56. The number of amides is 4. The molecule has 4 amide bonds. The molecule has 1 aromatic carbocycles. The molecule has 0 bridgehead atoms. The van der Waals surface area contributed by atoms with Gasteiger partial charge in [0.25, 0.3) is 5.91 Å². The Morgan fingerprint density at radius 1 is 1.10 bits per heavy atom. The SMILES string of the molecule is C[C@]1(C2CC2)NC(=O)N(CC(=O)Nc2ccc(S(=O)(=O)N3CCCCCC3)cc2)C1=O. The molecule has 3 fully saturated rings. The number of sulfonamides is 1. The molecule has 2 aliphatic heterocycles. The Morgan fingerprint density at radius 3 is 2.29 bits per heavy atom. The van der Waals surface area contributed by atoms with Gasteiger partial charge in [-0.3, -0.25) is 14.5 Å². The van der Waals surface area contributed by atoms with Crippen LogP contribution < -0.4 is 10.6 Å². The minimum absolute atomic E-state index is 0.121. The number of carbonyl (C=O) groups is 3. The van der Waals surface area contributed by atoms with Gasteiger partial charge in [-0.2, -0.15) is 4.31 Å². The lowest BCUT2D eigenvalue weighted by molar-refractivity contribution is -0.134. The van der Waals surface area contributed by atoms with E-state index in [0.29, 0.717) is 18.8 Å². The van der Waals surface area contributed by atoms with Gasteiger partial charge in [-0.1, -0.05) is 12.8 Å². The van der Waals surface area contributed by atoms with Crippen molar-refractivity contribution in [2.45, 2.75) is 55.9 Å². The van der Waals surface area contributed by atoms with Crippen LogP contribution in [-0.2, 0) is 19.6 Å². The minimum atomic E-state index is -3.56. The van der Waals surface area contributed by atoms with Crippen LogP contribution >= 0.6 is 0 Å². The van der Waals surface area contributed by atoms with Crippen LogP contribution in [0.5, 0.6) is 0 Å². The Morgan fingerprint density at radius 2 is 1.71 bits per heavy atom. The highest BCUT2D eigenvalue weighted by molar-refractivity contribution is 7.89. The van der Waals surface area contributed by atoms with Crippen LogP contribution in [0.1, 0.15) is 45.4 Å². The fourth-order valence-electron chi connectivity index (χ4n) is 4.28. The number of hydrogen-bond donors (Lipinski definition) is 2. The predicted molar refractivity (Wildman–Crippen MR) is 114 cm³/mol. The lowest BCUT2D eigenvalue weighted by atomic mass is 9.96. The van der Waals surface area contributed by atoms with Crippen molar-refractivity contribution >= 4 is 33.6 Å². The summed E-state index contributed by atoms with van der Waals surface area (Å²) in [6.45, 7) is 2.35. The molecule has 168 valence electrons. The van der Waals surface area contributed by atoms with E-state index in [1.165, 1.54) is 28.6 Å². The van der Waals surface area contributed by atoms with Crippen molar-refractivity contribution in [1.29, 1.82) is 0 Å². The van der Waals surface area contributed by atoms with Gasteiger partial charge in [-0.25, -0.2) is 13.2 Å². The van der Waals surface area contributed by atoms with E-state index in [9.17, 15) is 22.8 Å². The molecule has 0 unspecified atom stereocenters. The van der Waals surface area contributed by atoms with Gasteiger partial charge in [-0.15, -0.1) is 0 Å². The van der Waals surface area contributed by atoms with E-state index in [0.717, 1.165) is 43.4 Å². The zero-order chi connectivity index (χ0) is 22.2. The average Bonchev–Trinajstić information content (AvgIpc) is 3.57. The number of carbonyl (C=O) groups excluding carboxylic acids is 3. The van der Waals surface area contributed by atoms with Gasteiger partial charge in [0.2, 0.25) is 15.9 Å². The fraction of sp³-hybridized carbons (Fsp3) is 0.571. The number of rotatable bonds is 6. The third-order valence-electron chi connectivity index (χ3n) is 6.34. The van der Waals surface area contributed by atoms with Crippen LogP contribution in [0, 0.1) is 5.92 Å². The van der Waals surface area contributed by atoms with E-state index in [-0.39, 0.29) is 23.3 Å². The highest BCUT2D eigenvalue weighted by Crippen LogP contribution is 2.42. The van der Waals surface area contributed by atoms with Gasteiger partial charge < -0.3 is 10.6 Å². The number of benzene rings is 1. The van der Waals surface area contributed by atoms with Crippen molar-refractivity contribution in [2.75, 3.05) is 25.0 Å². The van der Waals surface area contributed by atoms with Crippen LogP contribution in [0.25, 0.3) is 0 Å². The first kappa shape index (κ1) is 21.8. The maximum absolute atomic E-state index is 12.8. The quantitative estimate of drug-likeness (QED) is 0.645. The zero-order valence-corrected chi connectivity index (χ0v) is 18.4. The summed E-state index contributed by atoms with van der Waals surface area (Å²) < 4.78 is 27.2. The van der Waals surface area contributed by atoms with Gasteiger partial charge in [0.1, 0.15) is 12.1 Å². The molecule has 10 heteroatoms. The Labute approximate surface area is 182 Å². The zero-order valence-electron chi connectivity index (χ0n) is 17.6. The van der Waals surface area contributed by atoms with E-state index < -0.39 is 27.5 Å². The second-order valence-corrected chi connectivity index (χ2v) is 10.6. The van der Waals surface area contributed by atoms with Crippen molar-refractivity contribution in [3.05, 3.63) is 24.3 Å². The Kier molecular flexibility index (Phi) is 5.78. The van der Waals surface area contributed by atoms with Crippen molar-refractivity contribution in [3.63, 3.8) is 0 Å². The number of nitrogens with zero attached hydrogens (tertiary/aromatic N) is 2. The van der Waals surface area contributed by atoms with Gasteiger partial charge in [0.15, 0.2) is 0 Å². The van der Waals surface area contributed by atoms with Crippen molar-refractivity contribution in [3.8, 4) is 0 Å². The molecule has 2 heterocycles. The number of urea groups is 1. The summed E-state index contributed by atoms with van der Waals surface area (Å²) in [5.41, 5.74) is -0.530. The number of anilines is 1. The number of nitrogens with one attached hydrogen (secondary N) is 2. The molecule has 0 spiro atoms. The average molecular weight is 449 g/mol. The molecule has 2 N–H and O–H groups in total. The maximum atomic E-state index is 12.8. The van der Waals surface area contributed by atoms with Crippen molar-refractivity contribution < 1.29 is 22.8 Å². The maximum Gasteiger partial charge on any atom is 0.325 e. The molecule has 1 atom stereocenters. The van der Waals surface area contributed by atoms with Gasteiger partial charge in [0.05, 0.1) is 4.90 Å². The van der Waals surface area contributed by atoms with Crippen LogP contribution in [-0.4, -0.2) is 60.6 Å². The van der Waals surface area contributed by atoms with Gasteiger partial charge in [-0.05, 0) is 62.8 Å². The molecular formula is C21H28N4O5S. The van der Waals surface area contributed by atoms with Crippen LogP contribution in [0.4, 0.5) is 10.5 Å². The van der Waals surface area contributed by atoms with E-state index in [4.69, 9.17) is 0 Å². The van der Waals surface area contributed by atoms with Crippen molar-refractivity contribution in [1.82, 2.24) is 14.5 Å². The first-order valence-corrected chi connectivity index (χ1v) is 12.2. The van der Waals surface area contributed by atoms with Gasteiger partial charge >= 0.3 is 6.03 Å². The minimum Gasteiger partial charge on any atom is -0.325 e. The molecule has 4 rings (SSSR count). The third-order valence-corrected chi connectivity index (χ3v) is 8.25. The third kappa shape index (κ3) is 4.31. The molecule has 1 saturated carbocycles. The normalized spacial score (nSPS) is 25.3. The monoisotopic (exact) mass is 448 g/mol. The number of hydrogen-bond acceptors (Lipinski definition) is 5. The topological polar surface area (TPSA) is 116 Å². The summed E-state index contributed by atoms with van der Waals surface area (Å²) in [5, 5.41) is 5.34. The first-order valence-electron chi connectivity index (χ1n) is 10.8. The number of imide groups is 1. The molecule has 0 radical (unpaired) electrons. The standard InChI is InChI=1S/C21H28N4O5S/c1-21(15-6-7-15)19(27)25(20(28)23-21)14-18(26)22-16-8-10-17(11-9-16)31(29,30)24-12-4-2-3-5-13-24/h8-11,15H,2-7,12-14H2,1H3,(H,22,26)(H,23,28)/t21-/m1/s1. The summed E-state index contributed by atoms with van der Waals surface area (Å²) in [5.74, 6) is -0.781. The molecule has 2 saturated heterocycles. The van der Waals surface area contributed by atoms with E-state index >= 15 is 0 Å². The molecule has 3 aliphatic rings. The molecule has 9 nitrogen and oxygen atoms in total. The van der Waals surface area contributed by atoms with Crippen LogP contribution in [0.3, 0.4) is 0 Å². The molecular weight excluding hydrogens is 420 g/mol. The van der Waals surface area contributed by atoms with Crippen LogP contribution in [0.15, 0.2) is 29.2 Å². The second kappa shape index (κ2) is 8.23. The molecule has 31 heavy (non-hydrogen) atoms. The lowest BCUT2D eigenvalue weighted by Crippen LogP contribution is -2.46. The summed E-state index contributed by atoms with van der Waals surface area (Å²) in [6, 6.07) is 5.40. The molecule has 1 aliphatic carbocycles. The Balaban J connectivity index is 1.38. The first-order chi connectivity index (χ1) is 14.7. The van der Waals surface area contributed by atoms with Gasteiger partial charge in [0, 0.05) is 18.8 Å².